The summed E-state index contributed by atoms with van der Waals surface area (Å²) in [5, 5.41) is 193. The maximum Gasteiger partial charge on any atom is 0.348 e. The highest BCUT2D eigenvalue weighted by atomic mass is 16.7. The Kier molecular flexibility index (Phi) is 12.4. The average Bonchev–Trinajstić information content (AvgIpc) is 0.847. The topological polar surface area (TPSA) is 575 Å². The molecular weight excluding hydrogens is 1200 g/mol. The van der Waals surface area contributed by atoms with Gasteiger partial charge in [-0.3, -0.25) is 0 Å². The van der Waals surface area contributed by atoms with E-state index in [0.717, 1.165) is 0 Å². The van der Waals surface area contributed by atoms with E-state index in [4.69, 9.17) is 42.0 Å². The Morgan fingerprint density at radius 2 is 0.809 bits per heavy atom. The molecule has 5 atom stereocenters. The summed E-state index contributed by atoms with van der Waals surface area (Å²) in [6.07, 6.45) is -13.0. The van der Waals surface area contributed by atoms with Crippen molar-refractivity contribution >= 4 is 62.6 Å². The Labute approximate surface area is 485 Å². The van der Waals surface area contributed by atoms with Gasteiger partial charge in [-0.2, -0.15) is 0 Å². The number of esters is 5. The number of rotatable bonds is 4. The van der Waals surface area contributed by atoms with Crippen molar-refractivity contribution in [2.75, 3.05) is 6.61 Å². The first kappa shape index (κ1) is 56.5. The fraction of sp³-hybridized carbons (Fsp3) is 0.109. The summed E-state index contributed by atoms with van der Waals surface area (Å²) in [6.45, 7) is -1.37. The third-order valence-electron chi connectivity index (χ3n) is 14.5. The van der Waals surface area contributed by atoms with Gasteiger partial charge >= 0.3 is 41.1 Å². The lowest BCUT2D eigenvalue weighted by molar-refractivity contribution is -0.282. The largest absolute Gasteiger partial charge is 0.504 e. The zero-order chi connectivity index (χ0) is 64.2. The van der Waals surface area contributed by atoms with Crippen LogP contribution in [0.15, 0.2) is 60.9 Å². The average molecular weight is 1240 g/mol. The molecule has 0 aliphatic carbocycles. The predicted octanol–water partition coefficient (Wildman–Crippen LogP) is 3.36. The Morgan fingerprint density at radius 3 is 1.29 bits per heavy atom. The van der Waals surface area contributed by atoms with Gasteiger partial charge in [-0.1, -0.05) is 0 Å². The van der Waals surface area contributed by atoms with Gasteiger partial charge in [-0.25, -0.2) is 33.6 Å². The number of benzene rings is 7. The number of aromatic hydroxyl groups is 18. The lowest BCUT2D eigenvalue weighted by Gasteiger charge is -2.44. The molecule has 3 aliphatic rings. The molecule has 0 radical (unpaired) electrons. The van der Waals surface area contributed by atoms with Gasteiger partial charge in [0.15, 0.2) is 92.4 Å². The smallest absolute Gasteiger partial charge is 0.348 e. The molecule has 0 unspecified atom stereocenters. The van der Waals surface area contributed by atoms with Crippen LogP contribution in [0.4, 0.5) is 0 Å². The normalized spacial score (nSPS) is 18.2. The number of ether oxygens (including phenoxy) is 7. The Morgan fingerprint density at radius 1 is 0.393 bits per heavy atom. The standard InChI is InChI=1S/C55H32O34/c56-15-3-10-23(35(68)30(15)63)24-11(4-16(57)31(64)36(24)69)50(76)84-42-22(8-81-49(10)75)82-55(47-46(42)87-51(77)12-5-17(58)32(65)37(70)25(12)26-13(52(78)88-47)6-18(59)33(66)38(26)71)89-48(74)9-1-20(61)41(21(62)2-9)83-45-29-28-27-14(53(79)85-44(28)39(72)40(45)73)7-19(60)34(67)43(27)86-54(29)80/h1-7,22,42,46-47,55-73H,8H2/t22-,42-,46+,47-,55+/m1/s1. The summed E-state index contributed by atoms with van der Waals surface area (Å²) in [5.41, 5.74) is -14.7. The molecule has 1 fully saturated rings. The summed E-state index contributed by atoms with van der Waals surface area (Å²) in [6, 6.07) is 3.07. The second kappa shape index (κ2) is 19.5. The van der Waals surface area contributed by atoms with Crippen molar-refractivity contribution in [1.29, 1.82) is 0 Å². The van der Waals surface area contributed by atoms with Crippen molar-refractivity contribution in [3.63, 3.8) is 0 Å². The van der Waals surface area contributed by atoms with Crippen LogP contribution < -0.4 is 16.0 Å². The number of carbonyl (C=O) groups is 5. The quantitative estimate of drug-likeness (QED) is 0.0395. The number of hydrogen-bond acceptors (Lipinski definition) is 34. The molecule has 3 aliphatic heterocycles. The highest BCUT2D eigenvalue weighted by Gasteiger charge is 2.56. The molecular formula is C55H32O34. The summed E-state index contributed by atoms with van der Waals surface area (Å²) < 4.78 is 50.0. The van der Waals surface area contributed by atoms with Crippen LogP contribution in [0.25, 0.3) is 55.0 Å². The molecule has 34 heteroatoms. The van der Waals surface area contributed by atoms with E-state index in [1.807, 2.05) is 0 Å². The molecule has 0 spiro atoms. The van der Waals surface area contributed by atoms with Crippen LogP contribution in [0.5, 0.6) is 115 Å². The van der Waals surface area contributed by atoms with Gasteiger partial charge in [0.1, 0.15) is 18.1 Å². The Bertz CT molecular complexity index is 4840. The van der Waals surface area contributed by atoms with Crippen LogP contribution >= 0.6 is 0 Å². The summed E-state index contributed by atoms with van der Waals surface area (Å²) in [4.78, 5) is 99.3. The summed E-state index contributed by atoms with van der Waals surface area (Å²) in [7, 11) is 0. The van der Waals surface area contributed by atoms with Crippen LogP contribution in [-0.4, -0.2) is 159 Å². The monoisotopic (exact) mass is 1240 g/mol. The summed E-state index contributed by atoms with van der Waals surface area (Å²) >= 11 is 0. The second-order valence-electron chi connectivity index (χ2n) is 19.5. The number of phenolic OH excluding ortho intramolecular Hbond substituents is 18. The van der Waals surface area contributed by atoms with E-state index in [9.17, 15) is 125 Å². The van der Waals surface area contributed by atoms with Gasteiger partial charge in [-0.05, 0) is 42.5 Å². The number of phenols is 18. The molecule has 12 rings (SSSR count). The van der Waals surface area contributed by atoms with Crippen LogP contribution in [0.2, 0.25) is 0 Å². The van der Waals surface area contributed by atoms with E-state index < -0.39 is 276 Å². The van der Waals surface area contributed by atoms with E-state index >= 15 is 0 Å². The number of fused-ring (bicyclic) bond motifs is 9. The van der Waals surface area contributed by atoms with Crippen molar-refractivity contribution in [3.8, 4) is 137 Å². The first-order valence-electron chi connectivity index (χ1n) is 24.7. The number of carbonyl (C=O) groups excluding carboxylic acids is 5. The molecule has 2 aromatic heterocycles. The second-order valence-corrected chi connectivity index (χ2v) is 19.5. The number of hydrogen-bond donors (Lipinski definition) is 18. The van der Waals surface area contributed by atoms with Gasteiger partial charge in [0, 0.05) is 27.6 Å². The molecule has 34 nitrogen and oxygen atoms in total. The van der Waals surface area contributed by atoms with E-state index in [-0.39, 0.29) is 0 Å². The lowest BCUT2D eigenvalue weighted by atomic mass is 9.91. The molecule has 0 bridgehead atoms. The molecule has 1 saturated heterocycles. The highest BCUT2D eigenvalue weighted by Crippen LogP contribution is 2.57. The Hall–Kier alpha value is -13.0. The van der Waals surface area contributed by atoms with E-state index in [1.165, 1.54) is 0 Å². The molecule has 0 saturated carbocycles. The third-order valence-corrected chi connectivity index (χ3v) is 14.5. The van der Waals surface area contributed by atoms with Gasteiger partial charge in [0.25, 0.3) is 0 Å². The van der Waals surface area contributed by atoms with Crippen molar-refractivity contribution < 1.29 is 158 Å². The maximum atomic E-state index is 14.8. The Balaban J connectivity index is 0.996. The molecule has 5 heterocycles. The van der Waals surface area contributed by atoms with Crippen LogP contribution in [0.3, 0.4) is 0 Å². The third kappa shape index (κ3) is 8.26. The van der Waals surface area contributed by atoms with Crippen LogP contribution in [0, 0.1) is 0 Å². The van der Waals surface area contributed by atoms with Gasteiger partial charge in [0.2, 0.25) is 58.4 Å². The van der Waals surface area contributed by atoms with E-state index in [0.29, 0.717) is 42.5 Å². The van der Waals surface area contributed by atoms with Crippen LogP contribution in [0.1, 0.15) is 51.8 Å². The molecule has 0 amide bonds. The van der Waals surface area contributed by atoms with E-state index in [1.54, 1.807) is 0 Å². The molecule has 456 valence electrons. The van der Waals surface area contributed by atoms with Crippen molar-refractivity contribution in [3.05, 3.63) is 91.1 Å². The molecule has 89 heavy (non-hydrogen) atoms. The van der Waals surface area contributed by atoms with E-state index in [2.05, 4.69) is 0 Å². The SMILES string of the molecule is O=C(O[C@@H]1O[C@@H]2COC(=O)c3cc(O)c(O)c(O)c3-c3c(cc(O)c(O)c3O)C(=O)O[C@H]2[C@@H]2OC(=O)c3cc(O)c(O)c(O)c3-c3c(cc(O)c(O)c3O)C(=O)O[C@@H]12)c1cc(O)c(Oc2c(O)c(O)c3oc(=O)c4cc(O)c(O)c5oc(=O)c2c3c54)c(O)c1. The van der Waals surface area contributed by atoms with Gasteiger partial charge in [-0.15, -0.1) is 0 Å². The molecule has 7 aromatic carbocycles. The maximum absolute atomic E-state index is 14.8. The molecule has 9 aromatic rings. The van der Waals surface area contributed by atoms with Gasteiger partial charge in [0.05, 0.1) is 38.6 Å². The fourth-order valence-corrected chi connectivity index (χ4v) is 10.4. The lowest BCUT2D eigenvalue weighted by Crippen LogP contribution is -2.63. The minimum Gasteiger partial charge on any atom is -0.504 e. The highest BCUT2D eigenvalue weighted by molar-refractivity contribution is 6.24. The molecule has 18 N–H and O–H groups in total. The van der Waals surface area contributed by atoms with Crippen LogP contribution in [-0.2, 0) is 28.4 Å². The number of cyclic esters (lactones) is 1. The minimum atomic E-state index is -2.73. The summed E-state index contributed by atoms with van der Waals surface area (Å²) in [5.74, 6) is -36.0. The fourth-order valence-electron chi connectivity index (χ4n) is 10.4. The minimum absolute atomic E-state index is 0.357. The first-order chi connectivity index (χ1) is 42.0. The predicted molar refractivity (Wildman–Crippen MR) is 279 cm³/mol. The van der Waals surface area contributed by atoms with Crippen molar-refractivity contribution in [2.24, 2.45) is 0 Å². The zero-order valence-electron chi connectivity index (χ0n) is 43.2. The van der Waals surface area contributed by atoms with Crippen molar-refractivity contribution in [1.82, 2.24) is 0 Å². The van der Waals surface area contributed by atoms with Gasteiger partial charge < -0.3 is 134 Å². The zero-order valence-corrected chi connectivity index (χ0v) is 43.2. The van der Waals surface area contributed by atoms with Crippen molar-refractivity contribution in [2.45, 2.75) is 30.7 Å². The first-order valence-corrected chi connectivity index (χ1v) is 24.7.